The lowest BCUT2D eigenvalue weighted by Gasteiger charge is -2.25. The number of carbonyl (C=O) groups is 1. The molecule has 1 heterocycles. The molecule has 3 aromatic carbocycles. The topological polar surface area (TPSA) is 40.5 Å². The molecule has 4 rings (SSSR count). The molecular weight excluding hydrogens is 358 g/mol. The Morgan fingerprint density at radius 1 is 0.852 bits per heavy atom. The number of hydrogen-bond donors (Lipinski definition) is 1. The molecule has 1 aliphatic rings. The fraction of sp³-hybridized carbons (Fsp3) is 0.0870. The van der Waals surface area contributed by atoms with Crippen LogP contribution in [0.25, 0.3) is 5.70 Å². The number of nitrogens with zero attached hydrogens (tertiary/aromatic N) is 1. The number of rotatable bonds is 4. The summed E-state index contributed by atoms with van der Waals surface area (Å²) in [5.74, 6) is -0.359. The van der Waals surface area contributed by atoms with Crippen LogP contribution in [-0.4, -0.2) is 15.9 Å². The highest BCUT2D eigenvalue weighted by Gasteiger charge is 2.46. The van der Waals surface area contributed by atoms with Crippen molar-refractivity contribution in [3.8, 4) is 0 Å². The summed E-state index contributed by atoms with van der Waals surface area (Å²) < 4.78 is 0. The van der Waals surface area contributed by atoms with Gasteiger partial charge in [-0.05, 0) is 34.9 Å². The van der Waals surface area contributed by atoms with Crippen molar-refractivity contribution < 1.29 is 9.90 Å². The van der Waals surface area contributed by atoms with E-state index in [2.05, 4.69) is 0 Å². The molecule has 0 spiro atoms. The van der Waals surface area contributed by atoms with Gasteiger partial charge in [0.25, 0.3) is 5.91 Å². The summed E-state index contributed by atoms with van der Waals surface area (Å²) in [5, 5.41) is 11.9. The maximum Gasteiger partial charge on any atom is 0.268 e. The van der Waals surface area contributed by atoms with E-state index in [0.29, 0.717) is 22.8 Å². The van der Waals surface area contributed by atoms with Crippen LogP contribution >= 0.6 is 11.6 Å². The molecule has 0 aromatic heterocycles. The maximum absolute atomic E-state index is 13.3. The zero-order valence-electron chi connectivity index (χ0n) is 14.5. The van der Waals surface area contributed by atoms with Gasteiger partial charge in [-0.1, -0.05) is 84.4 Å². The van der Waals surface area contributed by atoms with Gasteiger partial charge in [0.05, 0.1) is 12.2 Å². The highest BCUT2D eigenvalue weighted by Crippen LogP contribution is 2.39. The Morgan fingerprint density at radius 3 is 2.07 bits per heavy atom. The van der Waals surface area contributed by atoms with Crippen LogP contribution in [0, 0.1) is 0 Å². The minimum atomic E-state index is -1.69. The van der Waals surface area contributed by atoms with Crippen LogP contribution in [0.4, 0.5) is 0 Å². The third kappa shape index (κ3) is 3.27. The minimum Gasteiger partial charge on any atom is -0.372 e. The molecule has 0 saturated carbocycles. The average Bonchev–Trinajstić information content (AvgIpc) is 2.96. The van der Waals surface area contributed by atoms with E-state index in [4.69, 9.17) is 11.6 Å². The molecule has 0 radical (unpaired) electrons. The van der Waals surface area contributed by atoms with Crippen molar-refractivity contribution in [1.29, 1.82) is 0 Å². The van der Waals surface area contributed by atoms with E-state index in [-0.39, 0.29) is 5.91 Å². The minimum absolute atomic E-state index is 0.359. The van der Waals surface area contributed by atoms with Crippen LogP contribution in [-0.2, 0) is 16.9 Å². The molecule has 1 atom stereocenters. The van der Waals surface area contributed by atoms with Crippen LogP contribution in [0.1, 0.15) is 16.7 Å². The number of hydrogen-bond acceptors (Lipinski definition) is 2. The second kappa shape index (κ2) is 7.03. The summed E-state index contributed by atoms with van der Waals surface area (Å²) in [7, 11) is 0. The highest BCUT2D eigenvalue weighted by molar-refractivity contribution is 6.30. The van der Waals surface area contributed by atoms with Crippen molar-refractivity contribution in [3.63, 3.8) is 0 Å². The summed E-state index contributed by atoms with van der Waals surface area (Å²) >= 11 is 6.02. The van der Waals surface area contributed by atoms with Crippen molar-refractivity contribution in [2.24, 2.45) is 0 Å². The number of carbonyl (C=O) groups excluding carboxylic acids is 1. The van der Waals surface area contributed by atoms with Crippen molar-refractivity contribution in [2.75, 3.05) is 0 Å². The van der Waals surface area contributed by atoms with Crippen LogP contribution in [0.3, 0.4) is 0 Å². The summed E-state index contributed by atoms with van der Waals surface area (Å²) in [6, 6.07) is 26.0. The van der Waals surface area contributed by atoms with Gasteiger partial charge in [-0.25, -0.2) is 0 Å². The average molecular weight is 376 g/mol. The van der Waals surface area contributed by atoms with Gasteiger partial charge >= 0.3 is 0 Å². The molecule has 0 unspecified atom stereocenters. The van der Waals surface area contributed by atoms with Crippen LogP contribution in [0.5, 0.6) is 0 Å². The predicted molar refractivity (Wildman–Crippen MR) is 107 cm³/mol. The van der Waals surface area contributed by atoms with E-state index in [9.17, 15) is 9.90 Å². The lowest BCUT2D eigenvalue weighted by Crippen LogP contribution is -2.38. The molecule has 3 aromatic rings. The number of benzene rings is 3. The van der Waals surface area contributed by atoms with E-state index in [1.807, 2.05) is 60.7 Å². The summed E-state index contributed by atoms with van der Waals surface area (Å²) in [6.45, 7) is 0.378. The Balaban J connectivity index is 1.80. The first-order valence-electron chi connectivity index (χ1n) is 8.70. The quantitative estimate of drug-likeness (QED) is 0.723. The molecule has 1 amide bonds. The first kappa shape index (κ1) is 17.5. The van der Waals surface area contributed by atoms with Gasteiger partial charge in [0, 0.05) is 5.02 Å². The van der Waals surface area contributed by atoms with Crippen LogP contribution in [0.2, 0.25) is 5.02 Å². The van der Waals surface area contributed by atoms with E-state index >= 15 is 0 Å². The molecule has 1 N–H and O–H groups in total. The van der Waals surface area contributed by atoms with Gasteiger partial charge in [0.1, 0.15) is 0 Å². The van der Waals surface area contributed by atoms with Crippen molar-refractivity contribution in [2.45, 2.75) is 12.1 Å². The second-order valence-electron chi connectivity index (χ2n) is 6.55. The van der Waals surface area contributed by atoms with Gasteiger partial charge in [0.2, 0.25) is 0 Å². The lowest BCUT2D eigenvalue weighted by atomic mass is 9.94. The van der Waals surface area contributed by atoms with Gasteiger partial charge in [-0.2, -0.15) is 0 Å². The Bertz CT molecular complexity index is 984. The monoisotopic (exact) mass is 375 g/mol. The summed E-state index contributed by atoms with van der Waals surface area (Å²) in [6.07, 6.45) is 1.64. The standard InChI is InChI=1S/C23H18ClNO2/c24-20-13-11-18(12-14-20)21-15-23(27,19-9-5-2-6-10-19)22(26)25(21)16-17-7-3-1-4-8-17/h1-15,27H,16H2/t23-/m0/s1. The SMILES string of the molecule is O=C1N(Cc2ccccc2)C(c2ccc(Cl)cc2)=C[C@]1(O)c1ccccc1. The molecule has 0 aliphatic carbocycles. The summed E-state index contributed by atoms with van der Waals surface area (Å²) in [4.78, 5) is 14.9. The molecule has 0 fully saturated rings. The van der Waals surface area contributed by atoms with Crippen LogP contribution < -0.4 is 0 Å². The number of aliphatic hydroxyl groups is 1. The van der Waals surface area contributed by atoms with Gasteiger partial charge < -0.3 is 10.0 Å². The first-order valence-corrected chi connectivity index (χ1v) is 9.08. The third-order valence-electron chi connectivity index (χ3n) is 4.74. The summed E-state index contributed by atoms with van der Waals surface area (Å²) in [5.41, 5.74) is 1.35. The van der Waals surface area contributed by atoms with E-state index in [1.165, 1.54) is 0 Å². The normalized spacial score (nSPS) is 19.3. The van der Waals surface area contributed by atoms with Crippen molar-refractivity contribution in [3.05, 3.63) is 113 Å². The molecule has 3 nitrogen and oxygen atoms in total. The van der Waals surface area contributed by atoms with Crippen LogP contribution in [0.15, 0.2) is 91.0 Å². The highest BCUT2D eigenvalue weighted by atomic mass is 35.5. The first-order chi connectivity index (χ1) is 13.1. The Kier molecular flexibility index (Phi) is 4.56. The zero-order chi connectivity index (χ0) is 18.9. The van der Waals surface area contributed by atoms with Gasteiger partial charge in [0.15, 0.2) is 5.60 Å². The zero-order valence-corrected chi connectivity index (χ0v) is 15.3. The fourth-order valence-electron chi connectivity index (χ4n) is 3.33. The van der Waals surface area contributed by atoms with E-state index in [0.717, 1.165) is 11.1 Å². The molecular formula is C23H18ClNO2. The molecule has 0 bridgehead atoms. The van der Waals surface area contributed by atoms with Crippen molar-refractivity contribution >= 4 is 23.2 Å². The molecule has 134 valence electrons. The van der Waals surface area contributed by atoms with Gasteiger partial charge in [-0.3, -0.25) is 4.79 Å². The third-order valence-corrected chi connectivity index (χ3v) is 5.00. The fourth-order valence-corrected chi connectivity index (χ4v) is 3.46. The Hall–Kier alpha value is -2.88. The molecule has 0 saturated heterocycles. The van der Waals surface area contributed by atoms with Gasteiger partial charge in [-0.15, -0.1) is 0 Å². The lowest BCUT2D eigenvalue weighted by molar-refractivity contribution is -0.142. The maximum atomic E-state index is 13.3. The molecule has 27 heavy (non-hydrogen) atoms. The van der Waals surface area contributed by atoms with E-state index in [1.54, 1.807) is 35.2 Å². The Morgan fingerprint density at radius 2 is 1.44 bits per heavy atom. The second-order valence-corrected chi connectivity index (χ2v) is 6.98. The smallest absolute Gasteiger partial charge is 0.268 e. The molecule has 1 aliphatic heterocycles. The number of amides is 1. The predicted octanol–water partition coefficient (Wildman–Crippen LogP) is 4.61. The largest absolute Gasteiger partial charge is 0.372 e. The molecule has 4 heteroatoms. The van der Waals surface area contributed by atoms with Crippen molar-refractivity contribution in [1.82, 2.24) is 4.90 Å². The van der Waals surface area contributed by atoms with E-state index < -0.39 is 5.60 Å². The Labute approximate surface area is 163 Å². The number of halogens is 1.